The molecule has 1 aromatic heterocycles. The van der Waals surface area contributed by atoms with E-state index in [0.29, 0.717) is 0 Å². The van der Waals surface area contributed by atoms with E-state index in [9.17, 15) is 14.3 Å². The van der Waals surface area contributed by atoms with Crippen molar-refractivity contribution in [3.63, 3.8) is 0 Å². The number of rotatable bonds is 2. The molecule has 4 N–H and O–H groups in total. The van der Waals surface area contributed by atoms with Crippen LogP contribution >= 0.6 is 0 Å². The van der Waals surface area contributed by atoms with Crippen molar-refractivity contribution in [1.82, 2.24) is 9.55 Å². The molecule has 1 aromatic rings. The van der Waals surface area contributed by atoms with Crippen molar-refractivity contribution in [2.24, 2.45) is 0 Å². The molecule has 7 nitrogen and oxygen atoms in total. The molecule has 100 valence electrons. The number of hydrogen-bond acceptors (Lipinski definition) is 6. The van der Waals surface area contributed by atoms with Crippen LogP contribution in [0.3, 0.4) is 0 Å². The number of anilines is 1. The third-order valence-corrected chi connectivity index (χ3v) is 3.00. The van der Waals surface area contributed by atoms with Crippen LogP contribution in [0.4, 0.5) is 10.2 Å². The number of aliphatic hydroxyl groups is 2. The summed E-state index contributed by atoms with van der Waals surface area (Å²) in [4.78, 5) is 15.1. The second-order valence-electron chi connectivity index (χ2n) is 4.35. The minimum Gasteiger partial charge on any atom is -0.394 e. The summed E-state index contributed by atoms with van der Waals surface area (Å²) < 4.78 is 20.4. The van der Waals surface area contributed by atoms with Crippen LogP contribution in [-0.2, 0) is 4.74 Å². The van der Waals surface area contributed by atoms with E-state index in [1.54, 1.807) is 0 Å². The summed E-state index contributed by atoms with van der Waals surface area (Å²) >= 11 is 0. The van der Waals surface area contributed by atoms with Crippen LogP contribution in [0, 0.1) is 0 Å². The number of aromatic nitrogens is 2. The Labute approximate surface area is 102 Å². The molecule has 0 radical (unpaired) electrons. The van der Waals surface area contributed by atoms with Crippen molar-refractivity contribution in [1.29, 1.82) is 0 Å². The number of alkyl halides is 1. The minimum absolute atomic E-state index is 0.00839. The summed E-state index contributed by atoms with van der Waals surface area (Å²) in [6.45, 7) is 0.551. The molecule has 0 aromatic carbocycles. The van der Waals surface area contributed by atoms with E-state index in [1.165, 1.54) is 12.3 Å². The summed E-state index contributed by atoms with van der Waals surface area (Å²) in [6.07, 6.45) is -2.74. The van der Waals surface area contributed by atoms with Gasteiger partial charge in [-0.1, -0.05) is 0 Å². The number of ether oxygens (including phenoxy) is 1. The highest BCUT2D eigenvalue weighted by atomic mass is 19.1. The number of aliphatic hydroxyl groups excluding tert-OH is 2. The number of nitrogen functional groups attached to an aromatic ring is 1. The Hall–Kier alpha value is -1.51. The predicted octanol–water partition coefficient (Wildman–Crippen LogP) is -1.20. The van der Waals surface area contributed by atoms with E-state index >= 15 is 0 Å². The van der Waals surface area contributed by atoms with Gasteiger partial charge in [0.15, 0.2) is 11.9 Å². The lowest BCUT2D eigenvalue weighted by Gasteiger charge is -2.24. The van der Waals surface area contributed by atoms with Crippen molar-refractivity contribution in [2.45, 2.75) is 31.0 Å². The highest BCUT2D eigenvalue weighted by molar-refractivity contribution is 5.23. The molecule has 0 bridgehead atoms. The first-order chi connectivity index (χ1) is 8.37. The molecule has 1 aliphatic heterocycles. The van der Waals surface area contributed by atoms with Crippen molar-refractivity contribution in [2.75, 3.05) is 12.3 Å². The zero-order valence-corrected chi connectivity index (χ0v) is 9.65. The van der Waals surface area contributed by atoms with Gasteiger partial charge in [-0.25, -0.2) is 9.18 Å². The number of nitrogens with two attached hydrogens (primary N) is 1. The van der Waals surface area contributed by atoms with Gasteiger partial charge in [0, 0.05) is 6.20 Å². The molecular formula is C10H14FN3O4. The molecular weight excluding hydrogens is 245 g/mol. The van der Waals surface area contributed by atoms with Gasteiger partial charge < -0.3 is 20.7 Å². The summed E-state index contributed by atoms with van der Waals surface area (Å²) in [5.74, 6) is 0.00839. The number of hydrogen-bond donors (Lipinski definition) is 3. The van der Waals surface area contributed by atoms with Gasteiger partial charge in [-0.2, -0.15) is 4.98 Å². The average Bonchev–Trinajstić information content (AvgIpc) is 2.52. The molecule has 8 heteroatoms. The first-order valence-electron chi connectivity index (χ1n) is 5.36. The number of nitrogens with zero attached hydrogens (tertiary/aromatic N) is 2. The van der Waals surface area contributed by atoms with Gasteiger partial charge in [-0.3, -0.25) is 4.57 Å². The molecule has 1 aliphatic rings. The van der Waals surface area contributed by atoms with E-state index < -0.39 is 36.4 Å². The molecule has 1 saturated heterocycles. The molecule has 1 fully saturated rings. The third-order valence-electron chi connectivity index (χ3n) is 3.00. The van der Waals surface area contributed by atoms with E-state index in [-0.39, 0.29) is 5.82 Å². The number of halogens is 1. The molecule has 0 amide bonds. The second kappa shape index (κ2) is 4.30. The first-order valence-corrected chi connectivity index (χ1v) is 5.36. The van der Waals surface area contributed by atoms with Crippen LogP contribution in [0.2, 0.25) is 0 Å². The first kappa shape index (κ1) is 12.9. The average molecular weight is 259 g/mol. The maximum absolute atomic E-state index is 14.4. The summed E-state index contributed by atoms with van der Waals surface area (Å²) in [5, 5.41) is 18.6. The Kier molecular flexibility index (Phi) is 3.09. The lowest BCUT2D eigenvalue weighted by atomic mass is 9.98. The molecule has 2 heterocycles. The van der Waals surface area contributed by atoms with Gasteiger partial charge in [0.1, 0.15) is 18.0 Å². The van der Waals surface area contributed by atoms with Crippen LogP contribution in [0.1, 0.15) is 13.2 Å². The molecule has 0 aliphatic carbocycles. The molecule has 18 heavy (non-hydrogen) atoms. The lowest BCUT2D eigenvalue weighted by molar-refractivity contribution is -0.0610. The van der Waals surface area contributed by atoms with Gasteiger partial charge in [0.05, 0.1) is 6.61 Å². The Balaban J connectivity index is 2.42. The van der Waals surface area contributed by atoms with Crippen molar-refractivity contribution in [3.05, 3.63) is 22.7 Å². The van der Waals surface area contributed by atoms with Gasteiger partial charge in [0.25, 0.3) is 0 Å². The fourth-order valence-corrected chi connectivity index (χ4v) is 1.97. The standard InChI is InChI=1S/C10H14FN3O4/c1-10(11)7(16)5(4-15)18-8(10)14-3-2-6(12)13-9(14)17/h2-3,5,7-8,15-16H,4H2,1H3,(H2,12,13,17)/t5?,7-,8-,10-/m1/s1. The van der Waals surface area contributed by atoms with Gasteiger partial charge >= 0.3 is 5.69 Å². The van der Waals surface area contributed by atoms with Gasteiger partial charge in [0.2, 0.25) is 0 Å². The third kappa shape index (κ3) is 1.88. The highest BCUT2D eigenvalue weighted by Crippen LogP contribution is 2.40. The van der Waals surface area contributed by atoms with Crippen LogP contribution in [0.5, 0.6) is 0 Å². The fourth-order valence-electron chi connectivity index (χ4n) is 1.97. The van der Waals surface area contributed by atoms with Crippen molar-refractivity contribution < 1.29 is 19.3 Å². The largest absolute Gasteiger partial charge is 0.394 e. The highest BCUT2D eigenvalue weighted by Gasteiger charge is 2.55. The second-order valence-corrected chi connectivity index (χ2v) is 4.35. The molecule has 2 rings (SSSR count). The van der Waals surface area contributed by atoms with E-state index in [2.05, 4.69) is 4.98 Å². The zero-order chi connectivity index (χ0) is 13.5. The van der Waals surface area contributed by atoms with Crippen molar-refractivity contribution >= 4 is 5.82 Å². The van der Waals surface area contributed by atoms with E-state index in [0.717, 1.165) is 11.5 Å². The van der Waals surface area contributed by atoms with Crippen molar-refractivity contribution in [3.8, 4) is 0 Å². The molecule has 4 atom stereocenters. The van der Waals surface area contributed by atoms with Gasteiger partial charge in [-0.15, -0.1) is 0 Å². The summed E-state index contributed by atoms with van der Waals surface area (Å²) in [7, 11) is 0. The maximum atomic E-state index is 14.4. The summed E-state index contributed by atoms with van der Waals surface area (Å²) in [5.41, 5.74) is 2.33. The SMILES string of the molecule is C[C@@]1(F)[C@H](O)C(CO)O[C@H]1n1ccc(N)nc1=O. The molecule has 0 saturated carbocycles. The normalized spacial score (nSPS) is 35.9. The predicted molar refractivity (Wildman–Crippen MR) is 59.4 cm³/mol. The summed E-state index contributed by atoms with van der Waals surface area (Å²) in [6, 6.07) is 1.32. The Bertz CT molecular complexity index is 504. The van der Waals surface area contributed by atoms with E-state index in [4.69, 9.17) is 15.6 Å². The van der Waals surface area contributed by atoms with Gasteiger partial charge in [-0.05, 0) is 13.0 Å². The quantitative estimate of drug-likeness (QED) is 0.615. The topological polar surface area (TPSA) is 111 Å². The van der Waals surface area contributed by atoms with Crippen LogP contribution in [0.25, 0.3) is 0 Å². The zero-order valence-electron chi connectivity index (χ0n) is 9.65. The Morgan fingerprint density at radius 2 is 2.39 bits per heavy atom. The Morgan fingerprint density at radius 3 is 2.89 bits per heavy atom. The maximum Gasteiger partial charge on any atom is 0.351 e. The molecule has 1 unspecified atom stereocenters. The van der Waals surface area contributed by atoms with Crippen LogP contribution in [0.15, 0.2) is 17.1 Å². The fraction of sp³-hybridized carbons (Fsp3) is 0.600. The Morgan fingerprint density at radius 1 is 1.72 bits per heavy atom. The lowest BCUT2D eigenvalue weighted by Crippen LogP contribution is -2.42. The smallest absolute Gasteiger partial charge is 0.351 e. The van der Waals surface area contributed by atoms with Crippen LogP contribution in [-0.4, -0.2) is 44.2 Å². The monoisotopic (exact) mass is 259 g/mol. The van der Waals surface area contributed by atoms with E-state index in [1.807, 2.05) is 0 Å². The van der Waals surface area contributed by atoms with Crippen LogP contribution < -0.4 is 11.4 Å². The minimum atomic E-state index is -2.21. The molecule has 0 spiro atoms.